The van der Waals surface area contributed by atoms with E-state index in [1.807, 2.05) is 18.7 Å². The fourth-order valence-corrected chi connectivity index (χ4v) is 3.90. The molecule has 0 N–H and O–H groups in total. The molecule has 154 valence electrons. The maximum Gasteiger partial charge on any atom is 0.416 e. The molecule has 1 heterocycles. The van der Waals surface area contributed by atoms with Crippen molar-refractivity contribution in [1.29, 1.82) is 0 Å². The van der Waals surface area contributed by atoms with Crippen molar-refractivity contribution >= 4 is 17.3 Å². The first-order valence-corrected chi connectivity index (χ1v) is 9.52. The van der Waals surface area contributed by atoms with E-state index in [0.29, 0.717) is 38.0 Å². The second kappa shape index (κ2) is 7.60. The van der Waals surface area contributed by atoms with E-state index in [0.717, 1.165) is 25.0 Å². The van der Waals surface area contributed by atoms with Crippen LogP contribution in [0.1, 0.15) is 45.1 Å². The zero-order valence-electron chi connectivity index (χ0n) is 15.9. The normalized spacial score (nSPS) is 18.4. The minimum absolute atomic E-state index is 0.124. The van der Waals surface area contributed by atoms with Crippen LogP contribution >= 0.6 is 0 Å². The van der Waals surface area contributed by atoms with Gasteiger partial charge in [-0.05, 0) is 51.7 Å². The Morgan fingerprint density at radius 3 is 2.29 bits per heavy atom. The molecule has 1 saturated carbocycles. The average Bonchev–Trinajstić information content (AvgIpc) is 3.45. The second-order valence-electron chi connectivity index (χ2n) is 7.79. The molecule has 2 fully saturated rings. The number of rotatable bonds is 5. The minimum atomic E-state index is -4.63. The molecule has 1 aliphatic carbocycles. The number of carbonyl (C=O) groups is 1. The summed E-state index contributed by atoms with van der Waals surface area (Å²) >= 11 is 0. The minimum Gasteiger partial charge on any atom is -0.366 e. The fraction of sp³-hybridized carbons (Fsp3) is 0.632. The third kappa shape index (κ3) is 4.23. The zero-order chi connectivity index (χ0) is 20.6. The molecule has 0 unspecified atom stereocenters. The number of carbonyl (C=O) groups excluding carboxylic acids is 1. The van der Waals surface area contributed by atoms with E-state index in [1.54, 1.807) is 4.90 Å². The molecule has 2 aliphatic rings. The van der Waals surface area contributed by atoms with Crippen molar-refractivity contribution in [3.63, 3.8) is 0 Å². The Bertz CT molecular complexity index is 753. The molecule has 1 aliphatic heterocycles. The molecule has 0 aromatic heterocycles. The summed E-state index contributed by atoms with van der Waals surface area (Å²) < 4.78 is 38.6. The van der Waals surface area contributed by atoms with Gasteiger partial charge in [0.25, 0.3) is 5.69 Å². The van der Waals surface area contributed by atoms with Crippen molar-refractivity contribution in [2.45, 2.75) is 57.8 Å². The van der Waals surface area contributed by atoms with Gasteiger partial charge in [-0.3, -0.25) is 14.9 Å². The molecule has 6 nitrogen and oxygen atoms in total. The molecule has 3 rings (SSSR count). The van der Waals surface area contributed by atoms with Gasteiger partial charge in [0.2, 0.25) is 5.91 Å². The summed E-state index contributed by atoms with van der Waals surface area (Å²) in [5.74, 6) is -0.0215. The van der Waals surface area contributed by atoms with E-state index >= 15 is 0 Å². The number of nitro benzene ring substituents is 1. The molecule has 1 amide bonds. The van der Waals surface area contributed by atoms with E-state index in [-0.39, 0.29) is 23.6 Å². The van der Waals surface area contributed by atoms with Crippen LogP contribution in [0.5, 0.6) is 0 Å². The predicted molar refractivity (Wildman–Crippen MR) is 98.0 cm³/mol. The molecule has 0 atom stereocenters. The van der Waals surface area contributed by atoms with Gasteiger partial charge in [0, 0.05) is 37.2 Å². The van der Waals surface area contributed by atoms with E-state index in [4.69, 9.17) is 0 Å². The van der Waals surface area contributed by atoms with Gasteiger partial charge >= 0.3 is 6.18 Å². The maximum absolute atomic E-state index is 12.9. The highest BCUT2D eigenvalue weighted by molar-refractivity contribution is 5.80. The summed E-state index contributed by atoms with van der Waals surface area (Å²) in [4.78, 5) is 27.1. The predicted octanol–water partition coefficient (Wildman–Crippen LogP) is 4.23. The number of alkyl halides is 3. The zero-order valence-corrected chi connectivity index (χ0v) is 15.9. The molecule has 1 aromatic rings. The van der Waals surface area contributed by atoms with Crippen LogP contribution in [0, 0.1) is 16.0 Å². The van der Waals surface area contributed by atoms with Crippen LogP contribution in [0.3, 0.4) is 0 Å². The molecule has 9 heteroatoms. The lowest BCUT2D eigenvalue weighted by Crippen LogP contribution is -2.46. The van der Waals surface area contributed by atoms with Crippen molar-refractivity contribution in [3.05, 3.63) is 33.9 Å². The van der Waals surface area contributed by atoms with Crippen LogP contribution < -0.4 is 4.90 Å². The third-order valence-corrected chi connectivity index (χ3v) is 5.44. The van der Waals surface area contributed by atoms with Crippen molar-refractivity contribution in [3.8, 4) is 0 Å². The lowest BCUT2D eigenvalue weighted by atomic mass is 9.94. The largest absolute Gasteiger partial charge is 0.416 e. The second-order valence-corrected chi connectivity index (χ2v) is 7.79. The van der Waals surface area contributed by atoms with Crippen LogP contribution in [0.4, 0.5) is 24.5 Å². The number of nitro groups is 1. The fourth-order valence-electron chi connectivity index (χ4n) is 3.90. The summed E-state index contributed by atoms with van der Waals surface area (Å²) in [5, 5.41) is 11.3. The lowest BCUT2D eigenvalue weighted by molar-refractivity contribution is -0.384. The topological polar surface area (TPSA) is 66.7 Å². The van der Waals surface area contributed by atoms with Crippen LogP contribution in [0.2, 0.25) is 0 Å². The third-order valence-electron chi connectivity index (χ3n) is 5.44. The Balaban J connectivity index is 1.72. The summed E-state index contributed by atoms with van der Waals surface area (Å²) in [6, 6.07) is 3.07. The Hall–Kier alpha value is -2.32. The highest BCUT2D eigenvalue weighted by atomic mass is 19.4. The van der Waals surface area contributed by atoms with E-state index in [1.165, 1.54) is 0 Å². The monoisotopic (exact) mass is 399 g/mol. The van der Waals surface area contributed by atoms with Gasteiger partial charge in [-0.2, -0.15) is 13.2 Å². The highest BCUT2D eigenvalue weighted by Gasteiger charge is 2.39. The van der Waals surface area contributed by atoms with Crippen LogP contribution in [-0.4, -0.2) is 40.9 Å². The van der Waals surface area contributed by atoms with E-state index in [9.17, 15) is 28.1 Å². The van der Waals surface area contributed by atoms with Gasteiger partial charge in [-0.15, -0.1) is 0 Å². The Morgan fingerprint density at radius 1 is 1.21 bits per heavy atom. The van der Waals surface area contributed by atoms with Crippen molar-refractivity contribution in [2.75, 3.05) is 18.0 Å². The summed E-state index contributed by atoms with van der Waals surface area (Å²) in [5.41, 5.74) is -1.42. The SMILES string of the molecule is CC(C)N(C(=O)C1CCN(c2ccc(C(F)(F)F)cc2[N+](=O)[O-])CC1)C1CC1. The first kappa shape index (κ1) is 20.4. The van der Waals surface area contributed by atoms with Gasteiger partial charge in [0.15, 0.2) is 0 Å². The Kier molecular flexibility index (Phi) is 5.54. The van der Waals surface area contributed by atoms with Gasteiger partial charge < -0.3 is 9.80 Å². The molecular formula is C19H24F3N3O3. The summed E-state index contributed by atoms with van der Waals surface area (Å²) in [6.45, 7) is 4.80. The van der Waals surface area contributed by atoms with E-state index < -0.39 is 22.4 Å². The van der Waals surface area contributed by atoms with Crippen LogP contribution in [-0.2, 0) is 11.0 Å². The van der Waals surface area contributed by atoms with Gasteiger partial charge in [-0.1, -0.05) is 0 Å². The van der Waals surface area contributed by atoms with Gasteiger partial charge in [0.05, 0.1) is 10.5 Å². The Labute approximate surface area is 161 Å². The van der Waals surface area contributed by atoms with Crippen LogP contribution in [0.25, 0.3) is 0 Å². The van der Waals surface area contributed by atoms with Gasteiger partial charge in [0.1, 0.15) is 5.69 Å². The molecule has 0 bridgehead atoms. The molecule has 1 aromatic carbocycles. The number of nitrogens with zero attached hydrogens (tertiary/aromatic N) is 3. The number of piperidine rings is 1. The number of halogens is 3. The number of anilines is 1. The smallest absolute Gasteiger partial charge is 0.366 e. The number of amides is 1. The average molecular weight is 399 g/mol. The number of hydrogen-bond acceptors (Lipinski definition) is 4. The molecule has 28 heavy (non-hydrogen) atoms. The van der Waals surface area contributed by atoms with Crippen molar-refractivity contribution < 1.29 is 22.9 Å². The highest BCUT2D eigenvalue weighted by Crippen LogP contribution is 2.38. The standard InChI is InChI=1S/C19H24F3N3O3/c1-12(2)24(15-4-5-15)18(26)13-7-9-23(10-8-13)16-6-3-14(19(20,21)22)11-17(16)25(27)28/h3,6,11-13,15H,4-5,7-10H2,1-2H3. The van der Waals surface area contributed by atoms with Crippen molar-refractivity contribution in [1.82, 2.24) is 4.90 Å². The quantitative estimate of drug-likeness (QED) is 0.549. The number of benzene rings is 1. The molecule has 0 spiro atoms. The first-order valence-electron chi connectivity index (χ1n) is 9.52. The summed E-state index contributed by atoms with van der Waals surface area (Å²) in [7, 11) is 0. The first-order chi connectivity index (χ1) is 13.1. The lowest BCUT2D eigenvalue weighted by Gasteiger charge is -2.36. The summed E-state index contributed by atoms with van der Waals surface area (Å²) in [6.07, 6.45) is -1.51. The van der Waals surface area contributed by atoms with Crippen molar-refractivity contribution in [2.24, 2.45) is 5.92 Å². The maximum atomic E-state index is 12.9. The molecule has 0 radical (unpaired) electrons. The van der Waals surface area contributed by atoms with E-state index in [2.05, 4.69) is 0 Å². The molecule has 1 saturated heterocycles. The molecular weight excluding hydrogens is 375 g/mol. The Morgan fingerprint density at radius 2 is 1.82 bits per heavy atom. The number of hydrogen-bond donors (Lipinski definition) is 0. The van der Waals surface area contributed by atoms with Gasteiger partial charge in [-0.25, -0.2) is 0 Å². The van der Waals surface area contributed by atoms with Crippen LogP contribution in [0.15, 0.2) is 18.2 Å².